The third-order valence-corrected chi connectivity index (χ3v) is 6.74. The van der Waals surface area contributed by atoms with Crippen LogP contribution in [0.15, 0.2) is 4.99 Å². The second kappa shape index (κ2) is 11.6. The van der Waals surface area contributed by atoms with E-state index in [2.05, 4.69) is 41.3 Å². The molecule has 0 spiro atoms. The molecule has 1 aromatic rings. The molecule has 2 fully saturated rings. The Hall–Kier alpha value is -0.410. The van der Waals surface area contributed by atoms with Crippen LogP contribution in [0.5, 0.6) is 0 Å². The molecule has 1 saturated carbocycles. The predicted octanol–water partition coefficient (Wildman–Crippen LogP) is 4.23. The van der Waals surface area contributed by atoms with E-state index < -0.39 is 0 Å². The van der Waals surface area contributed by atoms with Crippen LogP contribution in [0.2, 0.25) is 0 Å². The fourth-order valence-electron chi connectivity index (χ4n) is 4.24. The minimum Gasteiger partial charge on any atom is -0.357 e. The fraction of sp³-hybridized carbons (Fsp3) is 0.800. The Kier molecular flexibility index (Phi) is 9.79. The van der Waals surface area contributed by atoms with E-state index in [0.29, 0.717) is 12.6 Å². The topological polar surface area (TPSA) is 52.6 Å². The average Bonchev–Trinajstić information content (AvgIpc) is 2.98. The van der Waals surface area contributed by atoms with E-state index in [0.717, 1.165) is 29.2 Å². The van der Waals surface area contributed by atoms with Gasteiger partial charge in [-0.2, -0.15) is 0 Å². The van der Waals surface area contributed by atoms with Crippen molar-refractivity contribution in [1.29, 1.82) is 0 Å². The van der Waals surface area contributed by atoms with Gasteiger partial charge in [-0.25, -0.2) is 9.98 Å². The number of guanidine groups is 1. The van der Waals surface area contributed by atoms with Crippen LogP contribution in [0, 0.1) is 13.8 Å². The van der Waals surface area contributed by atoms with Crippen molar-refractivity contribution >= 4 is 41.3 Å². The fourth-order valence-corrected chi connectivity index (χ4v) is 5.10. The van der Waals surface area contributed by atoms with Gasteiger partial charge in [0, 0.05) is 36.6 Å². The molecule has 2 aliphatic rings. The molecular formula is C20H36IN5S. The normalized spacial score (nSPS) is 20.3. The Morgan fingerprint density at radius 3 is 2.44 bits per heavy atom. The van der Waals surface area contributed by atoms with E-state index in [1.165, 1.54) is 62.9 Å². The van der Waals surface area contributed by atoms with E-state index in [-0.39, 0.29) is 24.0 Å². The van der Waals surface area contributed by atoms with Gasteiger partial charge in [0.05, 0.1) is 17.2 Å². The summed E-state index contributed by atoms with van der Waals surface area (Å²) in [5.74, 6) is 0.953. The maximum absolute atomic E-state index is 4.81. The number of aliphatic imine (C=N–C) groups is 1. The van der Waals surface area contributed by atoms with Crippen LogP contribution in [-0.2, 0) is 6.54 Å². The van der Waals surface area contributed by atoms with Crippen molar-refractivity contribution < 1.29 is 0 Å². The van der Waals surface area contributed by atoms with Crippen LogP contribution in [0.1, 0.15) is 67.4 Å². The Bertz CT molecular complexity index is 589. The van der Waals surface area contributed by atoms with Crippen molar-refractivity contribution in [1.82, 2.24) is 20.5 Å². The molecule has 3 rings (SSSR count). The lowest BCUT2D eigenvalue weighted by molar-refractivity contribution is 0.119. The standard InChI is InChI=1S/C20H35N5S.HI/c1-4-21-20(22-14-19-15(2)23-16(3)26-19)24-17-10-12-25(13-11-17)18-8-6-5-7-9-18;/h17-18H,4-14H2,1-3H3,(H2,21,22,24);1H. The van der Waals surface area contributed by atoms with Crippen molar-refractivity contribution in [2.24, 2.45) is 4.99 Å². The number of aromatic nitrogens is 1. The van der Waals surface area contributed by atoms with Crippen LogP contribution < -0.4 is 10.6 Å². The van der Waals surface area contributed by atoms with Gasteiger partial charge in [0.25, 0.3) is 0 Å². The Balaban J connectivity index is 0.00000261. The molecule has 1 aliphatic heterocycles. The lowest BCUT2D eigenvalue weighted by Gasteiger charge is -2.39. The zero-order valence-corrected chi connectivity index (χ0v) is 20.2. The summed E-state index contributed by atoms with van der Waals surface area (Å²) < 4.78 is 0. The number of nitrogens with zero attached hydrogens (tertiary/aromatic N) is 3. The molecular weight excluding hydrogens is 469 g/mol. The molecule has 27 heavy (non-hydrogen) atoms. The second-order valence-electron chi connectivity index (χ2n) is 7.68. The highest BCUT2D eigenvalue weighted by molar-refractivity contribution is 14.0. The molecule has 0 amide bonds. The zero-order valence-electron chi connectivity index (χ0n) is 17.1. The van der Waals surface area contributed by atoms with Crippen LogP contribution in [0.3, 0.4) is 0 Å². The van der Waals surface area contributed by atoms with Crippen LogP contribution in [0.25, 0.3) is 0 Å². The Labute approximate surface area is 185 Å². The monoisotopic (exact) mass is 505 g/mol. The van der Waals surface area contributed by atoms with Gasteiger partial charge in [0.15, 0.2) is 5.96 Å². The summed E-state index contributed by atoms with van der Waals surface area (Å²) in [5.41, 5.74) is 1.12. The van der Waals surface area contributed by atoms with Crippen LogP contribution >= 0.6 is 35.3 Å². The van der Waals surface area contributed by atoms with Crippen molar-refractivity contribution in [3.05, 3.63) is 15.6 Å². The quantitative estimate of drug-likeness (QED) is 0.357. The molecule has 2 heterocycles. The summed E-state index contributed by atoms with van der Waals surface area (Å²) in [7, 11) is 0. The van der Waals surface area contributed by atoms with Gasteiger partial charge in [-0.15, -0.1) is 35.3 Å². The van der Waals surface area contributed by atoms with E-state index in [1.54, 1.807) is 11.3 Å². The number of piperidine rings is 1. The first-order chi connectivity index (χ1) is 12.7. The van der Waals surface area contributed by atoms with Gasteiger partial charge < -0.3 is 15.5 Å². The molecule has 0 radical (unpaired) electrons. The van der Waals surface area contributed by atoms with Crippen LogP contribution in [0.4, 0.5) is 0 Å². The summed E-state index contributed by atoms with van der Waals surface area (Å²) in [6.07, 6.45) is 9.56. The first-order valence-electron chi connectivity index (χ1n) is 10.4. The Morgan fingerprint density at radius 1 is 1.15 bits per heavy atom. The highest BCUT2D eigenvalue weighted by Gasteiger charge is 2.26. The molecule has 154 valence electrons. The second-order valence-corrected chi connectivity index (χ2v) is 8.97. The van der Waals surface area contributed by atoms with Crippen molar-refractivity contribution in [3.63, 3.8) is 0 Å². The highest BCUT2D eigenvalue weighted by atomic mass is 127. The first-order valence-corrected chi connectivity index (χ1v) is 11.2. The van der Waals surface area contributed by atoms with Gasteiger partial charge in [-0.3, -0.25) is 0 Å². The van der Waals surface area contributed by atoms with E-state index in [1.807, 2.05) is 0 Å². The number of aryl methyl sites for hydroxylation is 2. The van der Waals surface area contributed by atoms with Crippen molar-refractivity contribution in [2.75, 3.05) is 19.6 Å². The lowest BCUT2D eigenvalue weighted by Crippen LogP contribution is -2.50. The minimum absolute atomic E-state index is 0. The number of hydrogen-bond acceptors (Lipinski definition) is 4. The van der Waals surface area contributed by atoms with E-state index >= 15 is 0 Å². The van der Waals surface area contributed by atoms with Crippen molar-refractivity contribution in [2.45, 2.75) is 84.3 Å². The molecule has 2 N–H and O–H groups in total. The SMILES string of the molecule is CCNC(=NCc1sc(C)nc1C)NC1CCN(C2CCCCC2)CC1.I. The highest BCUT2D eigenvalue weighted by Crippen LogP contribution is 2.25. The molecule has 1 aromatic heterocycles. The maximum Gasteiger partial charge on any atom is 0.191 e. The zero-order chi connectivity index (χ0) is 18.4. The van der Waals surface area contributed by atoms with Gasteiger partial charge in [0.1, 0.15) is 0 Å². The molecule has 0 unspecified atom stereocenters. The summed E-state index contributed by atoms with van der Waals surface area (Å²) in [6, 6.07) is 1.39. The molecule has 7 heteroatoms. The molecule has 1 aliphatic carbocycles. The Morgan fingerprint density at radius 2 is 1.85 bits per heavy atom. The third-order valence-electron chi connectivity index (χ3n) is 5.69. The predicted molar refractivity (Wildman–Crippen MR) is 126 cm³/mol. The summed E-state index contributed by atoms with van der Waals surface area (Å²) in [5, 5.41) is 8.21. The minimum atomic E-state index is 0. The number of nitrogens with one attached hydrogen (secondary N) is 2. The molecule has 5 nitrogen and oxygen atoms in total. The number of halogens is 1. The summed E-state index contributed by atoms with van der Waals surface area (Å²) in [4.78, 5) is 13.3. The first kappa shape index (κ1) is 22.9. The van der Waals surface area contributed by atoms with E-state index in [4.69, 9.17) is 4.99 Å². The number of thiazole rings is 1. The summed E-state index contributed by atoms with van der Waals surface area (Å²) >= 11 is 1.76. The smallest absolute Gasteiger partial charge is 0.191 e. The molecule has 1 saturated heterocycles. The third kappa shape index (κ3) is 6.85. The molecule has 0 atom stereocenters. The van der Waals surface area contributed by atoms with E-state index in [9.17, 15) is 0 Å². The van der Waals surface area contributed by atoms with Gasteiger partial charge >= 0.3 is 0 Å². The van der Waals surface area contributed by atoms with Gasteiger partial charge in [-0.05, 0) is 46.5 Å². The lowest BCUT2D eigenvalue weighted by atomic mass is 9.92. The molecule has 0 bridgehead atoms. The van der Waals surface area contributed by atoms with Gasteiger partial charge in [0.2, 0.25) is 0 Å². The molecule has 0 aromatic carbocycles. The maximum atomic E-state index is 4.81. The number of hydrogen-bond donors (Lipinski definition) is 2. The number of rotatable bonds is 5. The van der Waals surface area contributed by atoms with Gasteiger partial charge in [-0.1, -0.05) is 19.3 Å². The largest absolute Gasteiger partial charge is 0.357 e. The van der Waals surface area contributed by atoms with Crippen molar-refractivity contribution in [3.8, 4) is 0 Å². The number of likely N-dealkylation sites (tertiary alicyclic amines) is 1. The van der Waals surface area contributed by atoms with Crippen LogP contribution in [-0.4, -0.2) is 47.6 Å². The average molecular weight is 506 g/mol. The summed E-state index contributed by atoms with van der Waals surface area (Å²) in [6.45, 7) is 10.3.